The van der Waals surface area contributed by atoms with Crippen LogP contribution in [-0.2, 0) is 9.67 Å². The Morgan fingerprint density at radius 1 is 1.10 bits per heavy atom. The second-order valence-electron chi connectivity index (χ2n) is 9.03. The highest BCUT2D eigenvalue weighted by atomic mass is 35.5. The normalized spacial score (nSPS) is 13.0. The summed E-state index contributed by atoms with van der Waals surface area (Å²) in [4.78, 5) is 17.6. The second-order valence-corrected chi connectivity index (χ2v) is 9.82. The molecule has 0 aliphatic carbocycles. The average molecular weight is 556 g/mol. The zero-order valence-electron chi connectivity index (χ0n) is 23.3. The molecule has 6 heteroatoms. The van der Waals surface area contributed by atoms with Crippen LogP contribution in [0.15, 0.2) is 104 Å². The van der Waals surface area contributed by atoms with Crippen LogP contribution in [-0.4, -0.2) is 15.9 Å². The molecule has 0 bridgehead atoms. The third-order valence-electron chi connectivity index (χ3n) is 6.10. The minimum Gasteiger partial charge on any atom is -0.324 e. The van der Waals surface area contributed by atoms with E-state index in [1.54, 1.807) is 30.5 Å². The minimum atomic E-state index is -0.515. The van der Waals surface area contributed by atoms with Gasteiger partial charge in [0.1, 0.15) is 5.82 Å². The Morgan fingerprint density at radius 3 is 2.40 bits per heavy atom. The molecule has 0 aliphatic heterocycles. The number of carbonyl (C=O) groups excluding carboxylic acids is 1. The number of hydrogen-bond donors (Lipinski definition) is 2. The number of aromatic nitrogens is 2. The number of imidazole rings is 1. The minimum absolute atomic E-state index is 0.199. The predicted molar refractivity (Wildman–Crippen MR) is 168 cm³/mol. The summed E-state index contributed by atoms with van der Waals surface area (Å²) in [5, 5.41) is 3.93. The molecular weight excluding hydrogens is 521 g/mol. The molecule has 0 saturated heterocycles. The molecule has 0 spiro atoms. The molecule has 40 heavy (non-hydrogen) atoms. The first-order valence-electron chi connectivity index (χ1n) is 12.7. The van der Waals surface area contributed by atoms with Crippen LogP contribution in [0.5, 0.6) is 0 Å². The molecule has 0 fully saturated rings. The molecule has 206 valence electrons. The number of alkyl halides is 1. The van der Waals surface area contributed by atoms with E-state index in [4.69, 9.17) is 11.6 Å². The lowest BCUT2D eigenvalue weighted by molar-refractivity contribution is -0.114. The quantitative estimate of drug-likeness (QED) is 0.103. The predicted octanol–water partition coefficient (Wildman–Crippen LogP) is 9.14. The van der Waals surface area contributed by atoms with Crippen molar-refractivity contribution in [1.29, 1.82) is 0 Å². The Kier molecular flexibility index (Phi) is 12.1. The first-order chi connectivity index (χ1) is 19.2. The van der Waals surface area contributed by atoms with Gasteiger partial charge in [0, 0.05) is 17.9 Å². The molecule has 1 heterocycles. The fourth-order valence-corrected chi connectivity index (χ4v) is 4.25. The number of nitrogens with one attached hydrogen (secondary N) is 2. The summed E-state index contributed by atoms with van der Waals surface area (Å²) in [6, 6.07) is 18.6. The van der Waals surface area contributed by atoms with Crippen LogP contribution >= 0.6 is 11.6 Å². The third kappa shape index (κ3) is 8.30. The maximum absolute atomic E-state index is 13.8. The summed E-state index contributed by atoms with van der Waals surface area (Å²) in [7, 11) is 0. The number of carbonyl (C=O) groups is 1. The molecule has 1 aromatic heterocycles. The highest BCUT2D eigenvalue weighted by molar-refractivity contribution is 6.25. The average Bonchev–Trinajstić information content (AvgIpc) is 3.42. The smallest absolute Gasteiger partial charge is 0.223 e. The number of halogens is 2. The molecule has 2 atom stereocenters. The van der Waals surface area contributed by atoms with E-state index in [0.717, 1.165) is 22.2 Å². The van der Waals surface area contributed by atoms with Crippen molar-refractivity contribution in [3.63, 3.8) is 0 Å². The number of rotatable bonds is 7. The Labute approximate surface area is 241 Å². The van der Waals surface area contributed by atoms with Gasteiger partial charge in [0.15, 0.2) is 0 Å². The Hall–Kier alpha value is -4.40. The van der Waals surface area contributed by atoms with E-state index in [1.165, 1.54) is 18.6 Å². The highest BCUT2D eigenvalue weighted by Gasteiger charge is 2.23. The monoisotopic (exact) mass is 555 g/mol. The van der Waals surface area contributed by atoms with Crippen LogP contribution in [0.3, 0.4) is 0 Å². The number of aromatic amines is 1. The van der Waals surface area contributed by atoms with Gasteiger partial charge in [-0.3, -0.25) is 10.1 Å². The van der Waals surface area contributed by atoms with Crippen molar-refractivity contribution in [2.45, 2.75) is 38.5 Å². The Morgan fingerprint density at radius 2 is 1.75 bits per heavy atom. The molecule has 3 aromatic carbocycles. The number of H-pyrrole nitrogens is 1. The fraction of sp³-hybridized carbons (Fsp3) is 0.176. The van der Waals surface area contributed by atoms with Gasteiger partial charge in [-0.15, -0.1) is 31.0 Å². The van der Waals surface area contributed by atoms with Crippen LogP contribution in [0.1, 0.15) is 44.7 Å². The van der Waals surface area contributed by atoms with Crippen molar-refractivity contribution in [3.8, 4) is 24.1 Å². The number of allylic oxidation sites excluding steroid dienone is 5. The molecule has 2 unspecified atom stereocenters. The standard InChI is InChI=1S/C17H21Cl.C15H12FN3O.C2H2/c1-5-7-8-11-14(3)15-12-9-10-13-16(15)17(4,18)6-2;1-9(20)18-15-17-8-14(19-15)12-6-7-13(16)11-5-3-2-4-10(11)12;1-2/h5-14H,2H2,1,3-4H3;2-8H,1H3,(H2,17,18,19,20);1-2H/b7-5-,11-8-;;. The van der Waals surface area contributed by atoms with Crippen molar-refractivity contribution in [1.82, 2.24) is 9.97 Å². The van der Waals surface area contributed by atoms with E-state index >= 15 is 0 Å². The molecule has 4 nitrogen and oxygen atoms in total. The van der Waals surface area contributed by atoms with E-state index < -0.39 is 4.87 Å². The summed E-state index contributed by atoms with van der Waals surface area (Å²) in [5.74, 6) is 0.247. The zero-order valence-corrected chi connectivity index (χ0v) is 24.0. The Bertz CT molecular complexity index is 1510. The summed E-state index contributed by atoms with van der Waals surface area (Å²) in [6.45, 7) is 11.4. The number of hydrogen-bond acceptors (Lipinski definition) is 2. The zero-order chi connectivity index (χ0) is 29.7. The molecule has 0 radical (unpaired) electrons. The van der Waals surface area contributed by atoms with Crippen LogP contribution in [0.2, 0.25) is 0 Å². The van der Waals surface area contributed by atoms with E-state index in [1.807, 2.05) is 44.2 Å². The number of nitrogens with zero attached hydrogens (tertiary/aromatic N) is 1. The van der Waals surface area contributed by atoms with Crippen LogP contribution in [0.4, 0.5) is 10.3 Å². The molecule has 0 aliphatic rings. The topological polar surface area (TPSA) is 57.8 Å². The molecule has 1 amide bonds. The number of anilines is 1. The third-order valence-corrected chi connectivity index (χ3v) is 6.45. The largest absolute Gasteiger partial charge is 0.324 e. The van der Waals surface area contributed by atoms with E-state index in [-0.39, 0.29) is 11.7 Å². The summed E-state index contributed by atoms with van der Waals surface area (Å²) >= 11 is 6.50. The van der Waals surface area contributed by atoms with Gasteiger partial charge in [0.05, 0.1) is 16.8 Å². The highest BCUT2D eigenvalue weighted by Crippen LogP contribution is 2.35. The maximum atomic E-state index is 13.8. The van der Waals surface area contributed by atoms with Crippen LogP contribution < -0.4 is 5.32 Å². The summed E-state index contributed by atoms with van der Waals surface area (Å²) in [6.07, 6.45) is 19.7. The van der Waals surface area contributed by atoms with Gasteiger partial charge in [-0.05, 0) is 48.4 Å². The van der Waals surface area contributed by atoms with Crippen molar-refractivity contribution in [2.75, 3.05) is 5.32 Å². The summed E-state index contributed by atoms with van der Waals surface area (Å²) in [5.41, 5.74) is 3.94. The van der Waals surface area contributed by atoms with E-state index in [9.17, 15) is 9.18 Å². The van der Waals surface area contributed by atoms with Gasteiger partial charge in [0.2, 0.25) is 11.9 Å². The van der Waals surface area contributed by atoms with Gasteiger partial charge < -0.3 is 4.98 Å². The van der Waals surface area contributed by atoms with E-state index in [2.05, 4.69) is 72.0 Å². The van der Waals surface area contributed by atoms with Crippen molar-refractivity contribution < 1.29 is 9.18 Å². The van der Waals surface area contributed by atoms with Gasteiger partial charge in [-0.1, -0.05) is 85.8 Å². The SMILES string of the molecule is C#C.C=CC(C)(Cl)c1ccccc1C(C)/C=C\C=C/C.CC(=O)Nc1ncc(-c2ccc(F)c3ccccc23)[nH]1. The molecular formula is C34H35ClFN3O. The van der Waals surface area contributed by atoms with Gasteiger partial charge >= 0.3 is 0 Å². The maximum Gasteiger partial charge on any atom is 0.223 e. The molecule has 4 rings (SSSR count). The lowest BCUT2D eigenvalue weighted by atomic mass is 9.88. The van der Waals surface area contributed by atoms with Crippen molar-refractivity contribution >= 4 is 34.2 Å². The lowest BCUT2D eigenvalue weighted by Gasteiger charge is -2.23. The summed E-state index contributed by atoms with van der Waals surface area (Å²) < 4.78 is 13.8. The number of terminal acetylenes is 1. The molecule has 0 saturated carbocycles. The first-order valence-corrected chi connectivity index (χ1v) is 13.1. The first kappa shape index (κ1) is 31.8. The van der Waals surface area contributed by atoms with Crippen LogP contribution in [0.25, 0.3) is 22.0 Å². The molecule has 4 aromatic rings. The van der Waals surface area contributed by atoms with Gasteiger partial charge in [-0.2, -0.15) is 0 Å². The Balaban J connectivity index is 0.000000266. The van der Waals surface area contributed by atoms with Crippen molar-refractivity contribution in [3.05, 3.63) is 121 Å². The lowest BCUT2D eigenvalue weighted by Crippen LogP contribution is -2.13. The van der Waals surface area contributed by atoms with Gasteiger partial charge in [0.25, 0.3) is 0 Å². The number of amides is 1. The molecule has 2 N–H and O–H groups in total. The van der Waals surface area contributed by atoms with Gasteiger partial charge in [-0.25, -0.2) is 9.37 Å². The number of fused-ring (bicyclic) bond motifs is 1. The number of benzene rings is 3. The second kappa shape index (κ2) is 15.3. The fourth-order valence-electron chi connectivity index (χ4n) is 4.08. The van der Waals surface area contributed by atoms with E-state index in [0.29, 0.717) is 17.3 Å². The van der Waals surface area contributed by atoms with Crippen molar-refractivity contribution in [2.24, 2.45) is 0 Å². The van der Waals surface area contributed by atoms with Crippen LogP contribution in [0, 0.1) is 18.7 Å².